The standard InChI is InChI=1S/C15H17NO2/c1-9-2-4-13-11(6-9)12(17)8-15(18-13)7-10-3-5-14(15)16-10/h2,4,6,10,14,16H,3,5,7-8H2,1H3/t10-,14-,15+/m1/s1. The van der Waals surface area contributed by atoms with Gasteiger partial charge in [-0.2, -0.15) is 0 Å². The van der Waals surface area contributed by atoms with Crippen molar-refractivity contribution in [1.29, 1.82) is 0 Å². The van der Waals surface area contributed by atoms with Gasteiger partial charge in [0, 0.05) is 18.5 Å². The largest absolute Gasteiger partial charge is 0.484 e. The quantitative estimate of drug-likeness (QED) is 0.759. The summed E-state index contributed by atoms with van der Waals surface area (Å²) in [5.74, 6) is 1.03. The van der Waals surface area contributed by atoms with Crippen molar-refractivity contribution in [1.82, 2.24) is 5.32 Å². The Morgan fingerprint density at radius 2 is 2.28 bits per heavy atom. The van der Waals surface area contributed by atoms with Gasteiger partial charge < -0.3 is 10.1 Å². The predicted octanol–water partition coefficient (Wildman–Crippen LogP) is 2.22. The minimum absolute atomic E-state index is 0.245. The minimum atomic E-state index is -0.262. The molecule has 1 spiro atoms. The minimum Gasteiger partial charge on any atom is -0.484 e. The molecule has 1 aromatic rings. The molecule has 0 aliphatic carbocycles. The fourth-order valence-corrected chi connectivity index (χ4v) is 3.84. The van der Waals surface area contributed by atoms with Crippen molar-refractivity contribution >= 4 is 5.78 Å². The summed E-state index contributed by atoms with van der Waals surface area (Å²) < 4.78 is 6.26. The molecule has 4 rings (SSSR count). The molecule has 0 saturated carbocycles. The van der Waals surface area contributed by atoms with Gasteiger partial charge in [-0.1, -0.05) is 11.6 Å². The summed E-state index contributed by atoms with van der Waals surface area (Å²) in [6.07, 6.45) is 3.89. The molecule has 0 aromatic heterocycles. The lowest BCUT2D eigenvalue weighted by molar-refractivity contribution is 0.0232. The Morgan fingerprint density at radius 3 is 3.00 bits per heavy atom. The second-order valence-corrected chi connectivity index (χ2v) is 5.96. The van der Waals surface area contributed by atoms with E-state index in [0.717, 1.165) is 29.7 Å². The van der Waals surface area contributed by atoms with E-state index in [1.165, 1.54) is 6.42 Å². The first-order chi connectivity index (χ1) is 8.66. The van der Waals surface area contributed by atoms with E-state index in [9.17, 15) is 4.79 Å². The average molecular weight is 243 g/mol. The van der Waals surface area contributed by atoms with Crippen molar-refractivity contribution in [3.8, 4) is 5.75 Å². The van der Waals surface area contributed by atoms with Crippen molar-refractivity contribution in [2.45, 2.75) is 50.3 Å². The third kappa shape index (κ3) is 1.31. The molecule has 2 fully saturated rings. The first-order valence-electron chi connectivity index (χ1n) is 6.75. The number of carbonyl (C=O) groups excluding carboxylic acids is 1. The van der Waals surface area contributed by atoms with Crippen LogP contribution in [0.5, 0.6) is 5.75 Å². The molecular weight excluding hydrogens is 226 g/mol. The zero-order valence-electron chi connectivity index (χ0n) is 10.5. The highest BCUT2D eigenvalue weighted by molar-refractivity contribution is 6.00. The number of carbonyl (C=O) groups is 1. The van der Waals surface area contributed by atoms with Gasteiger partial charge >= 0.3 is 0 Å². The Hall–Kier alpha value is -1.35. The number of fused-ring (bicyclic) bond motifs is 4. The van der Waals surface area contributed by atoms with E-state index < -0.39 is 0 Å². The van der Waals surface area contributed by atoms with E-state index in [-0.39, 0.29) is 11.4 Å². The van der Waals surface area contributed by atoms with Crippen LogP contribution < -0.4 is 10.1 Å². The second kappa shape index (κ2) is 3.35. The number of ketones is 1. The van der Waals surface area contributed by atoms with E-state index in [0.29, 0.717) is 18.5 Å². The van der Waals surface area contributed by atoms with Gasteiger partial charge in [-0.25, -0.2) is 0 Å². The number of ether oxygens (including phenoxy) is 1. The van der Waals surface area contributed by atoms with E-state index in [1.807, 2.05) is 25.1 Å². The lowest BCUT2D eigenvalue weighted by atomic mass is 9.78. The third-order valence-corrected chi connectivity index (χ3v) is 4.68. The van der Waals surface area contributed by atoms with Crippen molar-refractivity contribution in [2.75, 3.05) is 0 Å². The number of nitrogens with one attached hydrogen (secondary N) is 1. The van der Waals surface area contributed by atoms with Gasteiger partial charge in [0.15, 0.2) is 5.78 Å². The highest BCUT2D eigenvalue weighted by Gasteiger charge is 2.55. The zero-order chi connectivity index (χ0) is 12.3. The highest BCUT2D eigenvalue weighted by atomic mass is 16.5. The molecule has 0 amide bonds. The van der Waals surface area contributed by atoms with E-state index in [2.05, 4.69) is 5.32 Å². The Balaban J connectivity index is 1.76. The predicted molar refractivity (Wildman–Crippen MR) is 68.0 cm³/mol. The molecule has 94 valence electrons. The van der Waals surface area contributed by atoms with Crippen LogP contribution in [0.15, 0.2) is 18.2 Å². The molecule has 0 unspecified atom stereocenters. The molecule has 3 aliphatic rings. The average Bonchev–Trinajstić information content (AvgIpc) is 2.91. The summed E-state index contributed by atoms with van der Waals surface area (Å²) in [6.45, 7) is 2.01. The van der Waals surface area contributed by atoms with Crippen LogP contribution in [0.25, 0.3) is 0 Å². The van der Waals surface area contributed by atoms with Crippen LogP contribution in [0.1, 0.15) is 41.6 Å². The molecule has 3 aliphatic heterocycles. The van der Waals surface area contributed by atoms with Crippen molar-refractivity contribution < 1.29 is 9.53 Å². The molecule has 18 heavy (non-hydrogen) atoms. The fraction of sp³-hybridized carbons (Fsp3) is 0.533. The first-order valence-corrected chi connectivity index (χ1v) is 6.75. The Morgan fingerprint density at radius 1 is 1.39 bits per heavy atom. The number of rotatable bonds is 0. The molecule has 2 bridgehead atoms. The van der Waals surface area contributed by atoms with Crippen LogP contribution in [0, 0.1) is 6.92 Å². The molecule has 1 aromatic carbocycles. The van der Waals surface area contributed by atoms with Gasteiger partial charge in [0.25, 0.3) is 0 Å². The van der Waals surface area contributed by atoms with Crippen LogP contribution in [0.4, 0.5) is 0 Å². The summed E-state index contributed by atoms with van der Waals surface area (Å²) in [5.41, 5.74) is 1.62. The number of hydrogen-bond donors (Lipinski definition) is 1. The number of aryl methyl sites for hydroxylation is 1. The van der Waals surface area contributed by atoms with Crippen LogP contribution in [0.3, 0.4) is 0 Å². The lowest BCUT2D eigenvalue weighted by Crippen LogP contribution is -2.51. The number of benzene rings is 1. The SMILES string of the molecule is Cc1ccc2c(c1)C(=O)C[C@]1(C[C@H]3CC[C@H]1N3)O2. The molecule has 3 nitrogen and oxygen atoms in total. The second-order valence-electron chi connectivity index (χ2n) is 5.96. The summed E-state index contributed by atoms with van der Waals surface area (Å²) in [7, 11) is 0. The van der Waals surface area contributed by atoms with Gasteiger partial charge in [-0.05, 0) is 31.9 Å². The summed E-state index contributed by atoms with van der Waals surface area (Å²) >= 11 is 0. The van der Waals surface area contributed by atoms with Gasteiger partial charge in [0.1, 0.15) is 11.4 Å². The molecular formula is C15H17NO2. The monoisotopic (exact) mass is 243 g/mol. The third-order valence-electron chi connectivity index (χ3n) is 4.68. The molecule has 1 N–H and O–H groups in total. The maximum Gasteiger partial charge on any atom is 0.170 e. The summed E-state index contributed by atoms with van der Waals surface area (Å²) in [6, 6.07) is 6.84. The Labute approximate surface area is 107 Å². The van der Waals surface area contributed by atoms with Gasteiger partial charge in [-0.15, -0.1) is 0 Å². The van der Waals surface area contributed by atoms with E-state index in [4.69, 9.17) is 4.74 Å². The maximum absolute atomic E-state index is 12.4. The smallest absolute Gasteiger partial charge is 0.170 e. The number of hydrogen-bond acceptors (Lipinski definition) is 3. The van der Waals surface area contributed by atoms with Gasteiger partial charge in [0.2, 0.25) is 0 Å². The van der Waals surface area contributed by atoms with Crippen molar-refractivity contribution in [2.24, 2.45) is 0 Å². The first kappa shape index (κ1) is 10.6. The molecule has 3 atom stereocenters. The molecule has 3 heteroatoms. The zero-order valence-corrected chi connectivity index (χ0v) is 10.5. The van der Waals surface area contributed by atoms with Crippen LogP contribution in [-0.2, 0) is 0 Å². The highest BCUT2D eigenvalue weighted by Crippen LogP contribution is 2.46. The number of Topliss-reactive ketones (excluding diaryl/α,β-unsaturated/α-hetero) is 1. The van der Waals surface area contributed by atoms with Gasteiger partial charge in [-0.3, -0.25) is 4.79 Å². The lowest BCUT2D eigenvalue weighted by Gasteiger charge is -2.40. The summed E-state index contributed by atoms with van der Waals surface area (Å²) in [5, 5.41) is 3.57. The molecule has 3 heterocycles. The topological polar surface area (TPSA) is 38.3 Å². The Bertz CT molecular complexity index is 539. The van der Waals surface area contributed by atoms with Crippen molar-refractivity contribution in [3.63, 3.8) is 0 Å². The van der Waals surface area contributed by atoms with Crippen molar-refractivity contribution in [3.05, 3.63) is 29.3 Å². The van der Waals surface area contributed by atoms with E-state index >= 15 is 0 Å². The molecule has 2 saturated heterocycles. The fourth-order valence-electron chi connectivity index (χ4n) is 3.84. The normalized spacial score (nSPS) is 36.8. The maximum atomic E-state index is 12.4. The van der Waals surface area contributed by atoms with Gasteiger partial charge in [0.05, 0.1) is 12.0 Å². The van der Waals surface area contributed by atoms with E-state index in [1.54, 1.807) is 0 Å². The van der Waals surface area contributed by atoms with Crippen LogP contribution in [0.2, 0.25) is 0 Å². The Kier molecular flexibility index (Phi) is 1.97. The van der Waals surface area contributed by atoms with Crippen LogP contribution in [-0.4, -0.2) is 23.5 Å². The molecule has 0 radical (unpaired) electrons. The summed E-state index contributed by atoms with van der Waals surface area (Å²) in [4.78, 5) is 12.4. The van der Waals surface area contributed by atoms with Crippen LogP contribution >= 0.6 is 0 Å².